The van der Waals surface area contributed by atoms with E-state index < -0.39 is 17.4 Å². The quantitative estimate of drug-likeness (QED) is 0.535. The standard InChI is InChI=1S/C25H25FN2O5/c1-25(2,24(31)32)28-23(30)22-19-13-17(29)7-8-18(19)20(14-3-5-16(26)6-4-14)21(27-22)15-9-11-33-12-10-15/h3-8,13,15,29H,9-12H2,1-2H3,(H,28,30)(H,31,32). The van der Waals surface area contributed by atoms with Gasteiger partial charge < -0.3 is 20.3 Å². The number of halogens is 1. The maximum atomic E-state index is 13.7. The normalized spacial score (nSPS) is 14.9. The van der Waals surface area contributed by atoms with Crippen LogP contribution in [-0.4, -0.2) is 45.8 Å². The third-order valence-electron chi connectivity index (χ3n) is 5.93. The number of benzene rings is 2. The van der Waals surface area contributed by atoms with Crippen LogP contribution in [0.15, 0.2) is 42.5 Å². The molecule has 4 rings (SSSR count). The molecule has 3 aromatic rings. The number of nitrogens with zero attached hydrogens (tertiary/aromatic N) is 1. The smallest absolute Gasteiger partial charge is 0.328 e. The molecule has 0 unspecified atom stereocenters. The molecule has 0 saturated carbocycles. The Morgan fingerprint density at radius 1 is 1.09 bits per heavy atom. The van der Waals surface area contributed by atoms with Crippen molar-refractivity contribution in [3.05, 3.63) is 59.7 Å². The summed E-state index contributed by atoms with van der Waals surface area (Å²) >= 11 is 0. The number of carbonyl (C=O) groups excluding carboxylic acids is 1. The molecule has 172 valence electrons. The molecule has 7 nitrogen and oxygen atoms in total. The number of ether oxygens (including phenoxy) is 1. The number of carboxylic acids is 1. The van der Waals surface area contributed by atoms with Gasteiger partial charge in [-0.15, -0.1) is 0 Å². The lowest BCUT2D eigenvalue weighted by Crippen LogP contribution is -2.50. The van der Waals surface area contributed by atoms with Gasteiger partial charge >= 0.3 is 5.97 Å². The zero-order chi connectivity index (χ0) is 23.8. The lowest BCUT2D eigenvalue weighted by Gasteiger charge is -2.26. The fourth-order valence-corrected chi connectivity index (χ4v) is 4.08. The number of pyridine rings is 1. The molecule has 0 aliphatic carbocycles. The highest BCUT2D eigenvalue weighted by Crippen LogP contribution is 2.40. The molecule has 2 aromatic carbocycles. The Kier molecular flexibility index (Phi) is 6.03. The second-order valence-electron chi connectivity index (χ2n) is 8.73. The van der Waals surface area contributed by atoms with Crippen molar-refractivity contribution in [1.29, 1.82) is 0 Å². The van der Waals surface area contributed by atoms with Gasteiger partial charge in [-0.25, -0.2) is 14.2 Å². The molecule has 0 radical (unpaired) electrons. The van der Waals surface area contributed by atoms with Gasteiger partial charge in [-0.1, -0.05) is 12.1 Å². The van der Waals surface area contributed by atoms with Crippen LogP contribution in [-0.2, 0) is 9.53 Å². The Bertz CT molecular complexity index is 1220. The first kappa shape index (κ1) is 22.7. The predicted octanol–water partition coefficient (Wildman–Crippen LogP) is 4.23. The minimum Gasteiger partial charge on any atom is -0.508 e. The lowest BCUT2D eigenvalue weighted by atomic mass is 9.86. The summed E-state index contributed by atoms with van der Waals surface area (Å²) in [6, 6.07) is 10.7. The highest BCUT2D eigenvalue weighted by Gasteiger charge is 2.32. The van der Waals surface area contributed by atoms with Gasteiger partial charge in [0.15, 0.2) is 0 Å². The highest BCUT2D eigenvalue weighted by atomic mass is 19.1. The Morgan fingerprint density at radius 2 is 1.76 bits per heavy atom. The van der Waals surface area contributed by atoms with Crippen molar-refractivity contribution < 1.29 is 28.9 Å². The number of phenols is 1. The van der Waals surface area contributed by atoms with Gasteiger partial charge in [-0.3, -0.25) is 4.79 Å². The molecular weight excluding hydrogens is 427 g/mol. The second-order valence-corrected chi connectivity index (χ2v) is 8.73. The fraction of sp³-hybridized carbons (Fsp3) is 0.320. The van der Waals surface area contributed by atoms with E-state index in [0.29, 0.717) is 42.5 Å². The molecule has 0 spiro atoms. The van der Waals surface area contributed by atoms with E-state index in [-0.39, 0.29) is 23.2 Å². The second kappa shape index (κ2) is 8.78. The van der Waals surface area contributed by atoms with E-state index in [2.05, 4.69) is 5.32 Å². The van der Waals surface area contributed by atoms with Crippen LogP contribution in [0.4, 0.5) is 4.39 Å². The summed E-state index contributed by atoms with van der Waals surface area (Å²) in [6.07, 6.45) is 1.40. The molecule has 8 heteroatoms. The van der Waals surface area contributed by atoms with E-state index in [4.69, 9.17) is 9.72 Å². The summed E-state index contributed by atoms with van der Waals surface area (Å²) in [5, 5.41) is 23.2. The topological polar surface area (TPSA) is 109 Å². The van der Waals surface area contributed by atoms with Gasteiger partial charge in [0.05, 0.1) is 5.69 Å². The van der Waals surface area contributed by atoms with Crippen LogP contribution < -0.4 is 5.32 Å². The summed E-state index contributed by atoms with van der Waals surface area (Å²) in [6.45, 7) is 3.88. The largest absolute Gasteiger partial charge is 0.508 e. The van der Waals surface area contributed by atoms with Gasteiger partial charge in [0.2, 0.25) is 0 Å². The zero-order valence-electron chi connectivity index (χ0n) is 18.4. The fourth-order valence-electron chi connectivity index (χ4n) is 4.08. The van der Waals surface area contributed by atoms with E-state index in [1.807, 2.05) is 0 Å². The van der Waals surface area contributed by atoms with Crippen molar-refractivity contribution in [1.82, 2.24) is 10.3 Å². The number of nitrogens with one attached hydrogen (secondary N) is 1. The van der Waals surface area contributed by atoms with Crippen LogP contribution in [0.1, 0.15) is 48.8 Å². The molecule has 2 heterocycles. The molecular formula is C25H25FN2O5. The SMILES string of the molecule is CC(C)(NC(=O)c1nc(C2CCOCC2)c(-c2ccc(F)cc2)c2ccc(O)cc12)C(=O)O. The molecule has 1 amide bonds. The van der Waals surface area contributed by atoms with Gasteiger partial charge in [0, 0.05) is 30.1 Å². The van der Waals surface area contributed by atoms with E-state index >= 15 is 0 Å². The van der Waals surface area contributed by atoms with Crippen molar-refractivity contribution in [2.75, 3.05) is 13.2 Å². The number of aromatic hydroxyl groups is 1. The summed E-state index contributed by atoms with van der Waals surface area (Å²) in [5.74, 6) is -2.27. The Morgan fingerprint density at radius 3 is 2.39 bits per heavy atom. The third kappa shape index (κ3) is 4.52. The minimum absolute atomic E-state index is 0.00367. The van der Waals surface area contributed by atoms with Crippen LogP contribution in [0.25, 0.3) is 21.9 Å². The number of carboxylic acid groups (broad SMARTS) is 1. The van der Waals surface area contributed by atoms with Crippen molar-refractivity contribution in [2.24, 2.45) is 0 Å². The van der Waals surface area contributed by atoms with E-state index in [1.54, 1.807) is 18.2 Å². The minimum atomic E-state index is -1.52. The Labute approximate surface area is 190 Å². The van der Waals surface area contributed by atoms with Crippen LogP contribution in [0.3, 0.4) is 0 Å². The lowest BCUT2D eigenvalue weighted by molar-refractivity contribution is -0.143. The highest BCUT2D eigenvalue weighted by molar-refractivity contribution is 6.11. The van der Waals surface area contributed by atoms with E-state index in [1.165, 1.54) is 38.1 Å². The van der Waals surface area contributed by atoms with Crippen LogP contribution in [0.2, 0.25) is 0 Å². The maximum absolute atomic E-state index is 13.7. The summed E-state index contributed by atoms with van der Waals surface area (Å²) < 4.78 is 19.2. The first-order valence-corrected chi connectivity index (χ1v) is 10.7. The zero-order valence-corrected chi connectivity index (χ0v) is 18.4. The maximum Gasteiger partial charge on any atom is 0.328 e. The number of hydrogen-bond acceptors (Lipinski definition) is 5. The predicted molar refractivity (Wildman–Crippen MR) is 121 cm³/mol. The Balaban J connectivity index is 1.98. The van der Waals surface area contributed by atoms with Crippen molar-refractivity contribution >= 4 is 22.6 Å². The molecule has 0 atom stereocenters. The number of amides is 1. The first-order valence-electron chi connectivity index (χ1n) is 10.7. The molecule has 1 aliphatic rings. The number of aliphatic carboxylic acids is 1. The van der Waals surface area contributed by atoms with Crippen LogP contribution >= 0.6 is 0 Å². The summed E-state index contributed by atoms with van der Waals surface area (Å²) in [4.78, 5) is 29.5. The molecule has 33 heavy (non-hydrogen) atoms. The van der Waals surface area contributed by atoms with Gasteiger partial charge in [-0.2, -0.15) is 0 Å². The molecule has 1 fully saturated rings. The van der Waals surface area contributed by atoms with E-state index in [9.17, 15) is 24.2 Å². The molecule has 1 aromatic heterocycles. The first-order chi connectivity index (χ1) is 15.7. The average Bonchev–Trinajstić information content (AvgIpc) is 2.78. The van der Waals surface area contributed by atoms with Gasteiger partial charge in [0.1, 0.15) is 22.8 Å². The van der Waals surface area contributed by atoms with Crippen LogP contribution in [0, 0.1) is 5.82 Å². The van der Waals surface area contributed by atoms with E-state index in [0.717, 1.165) is 11.1 Å². The number of fused-ring (bicyclic) bond motifs is 1. The molecule has 3 N–H and O–H groups in total. The number of rotatable bonds is 5. The summed E-state index contributed by atoms with van der Waals surface area (Å²) in [7, 11) is 0. The van der Waals surface area contributed by atoms with Gasteiger partial charge in [0.25, 0.3) is 5.91 Å². The number of phenolic OH excluding ortho intramolecular Hbond substituents is 1. The third-order valence-corrected chi connectivity index (χ3v) is 5.93. The molecule has 0 bridgehead atoms. The van der Waals surface area contributed by atoms with Crippen molar-refractivity contribution in [2.45, 2.75) is 38.1 Å². The van der Waals surface area contributed by atoms with Crippen molar-refractivity contribution in [3.63, 3.8) is 0 Å². The average molecular weight is 452 g/mol. The monoisotopic (exact) mass is 452 g/mol. The number of hydrogen-bond donors (Lipinski definition) is 3. The van der Waals surface area contributed by atoms with Gasteiger partial charge in [-0.05, 0) is 68.0 Å². The van der Waals surface area contributed by atoms with Crippen molar-refractivity contribution in [3.8, 4) is 16.9 Å². The Hall–Kier alpha value is -3.52. The molecule has 1 aliphatic heterocycles. The molecule has 1 saturated heterocycles. The number of aromatic nitrogens is 1. The van der Waals surface area contributed by atoms with Crippen LogP contribution in [0.5, 0.6) is 5.75 Å². The number of carbonyl (C=O) groups is 2. The summed E-state index contributed by atoms with van der Waals surface area (Å²) in [5.41, 5.74) is 0.671.